The van der Waals surface area contributed by atoms with Crippen molar-refractivity contribution in [1.29, 1.82) is 0 Å². The molecule has 1 aliphatic rings. The molecule has 3 N–H and O–H groups in total. The number of fused-ring (bicyclic) bond motifs is 1. The Morgan fingerprint density at radius 3 is 2.89 bits per heavy atom. The zero-order valence-electron chi connectivity index (χ0n) is 11.8. The largest absolute Gasteiger partial charge is 0.361 e. The van der Waals surface area contributed by atoms with Crippen LogP contribution in [0.25, 0.3) is 10.9 Å². The smallest absolute Gasteiger partial charge is 0.0456 e. The van der Waals surface area contributed by atoms with E-state index in [1.807, 2.05) is 0 Å². The molecule has 1 saturated heterocycles. The molecule has 3 heteroatoms. The van der Waals surface area contributed by atoms with Gasteiger partial charge in [0, 0.05) is 41.8 Å². The van der Waals surface area contributed by atoms with E-state index in [0.29, 0.717) is 6.04 Å². The average Bonchev–Trinajstić information content (AvgIpc) is 2.87. The Morgan fingerprint density at radius 1 is 1.37 bits per heavy atom. The Bertz CT molecular complexity index is 570. The van der Waals surface area contributed by atoms with Gasteiger partial charge in [-0.2, -0.15) is 0 Å². The lowest BCUT2D eigenvalue weighted by molar-refractivity contribution is 0.177. The van der Waals surface area contributed by atoms with Gasteiger partial charge in [0.1, 0.15) is 0 Å². The molecule has 2 aromatic rings. The molecule has 0 radical (unpaired) electrons. The molecule has 1 aromatic carbocycles. The number of rotatable bonds is 3. The Hall–Kier alpha value is -1.32. The lowest BCUT2D eigenvalue weighted by atomic mass is 10.00. The highest BCUT2D eigenvalue weighted by Gasteiger charge is 2.36. The average molecular weight is 257 g/mol. The second-order valence-electron chi connectivity index (χ2n) is 6.33. The lowest BCUT2D eigenvalue weighted by Crippen LogP contribution is -2.39. The second-order valence-corrected chi connectivity index (χ2v) is 6.33. The van der Waals surface area contributed by atoms with Crippen molar-refractivity contribution in [1.82, 2.24) is 9.88 Å². The van der Waals surface area contributed by atoms with Gasteiger partial charge in [-0.05, 0) is 38.3 Å². The van der Waals surface area contributed by atoms with Crippen LogP contribution in [-0.4, -0.2) is 34.6 Å². The van der Waals surface area contributed by atoms with Crippen molar-refractivity contribution in [2.24, 2.45) is 5.73 Å². The summed E-state index contributed by atoms with van der Waals surface area (Å²) >= 11 is 0. The van der Waals surface area contributed by atoms with Crippen LogP contribution < -0.4 is 5.73 Å². The Morgan fingerprint density at radius 2 is 2.16 bits per heavy atom. The summed E-state index contributed by atoms with van der Waals surface area (Å²) in [7, 11) is 0. The van der Waals surface area contributed by atoms with Gasteiger partial charge in [0.15, 0.2) is 0 Å². The topological polar surface area (TPSA) is 45.0 Å². The maximum absolute atomic E-state index is 6.09. The summed E-state index contributed by atoms with van der Waals surface area (Å²) in [5, 5.41) is 1.35. The number of nitrogens with one attached hydrogen (secondary N) is 1. The van der Waals surface area contributed by atoms with E-state index in [1.165, 1.54) is 16.5 Å². The van der Waals surface area contributed by atoms with Crippen LogP contribution in [0.4, 0.5) is 0 Å². The van der Waals surface area contributed by atoms with Crippen molar-refractivity contribution < 1.29 is 0 Å². The quantitative estimate of drug-likeness (QED) is 0.887. The molecule has 0 amide bonds. The molecule has 0 bridgehead atoms. The van der Waals surface area contributed by atoms with Crippen molar-refractivity contribution in [3.8, 4) is 0 Å². The van der Waals surface area contributed by atoms with E-state index in [9.17, 15) is 0 Å². The van der Waals surface area contributed by atoms with Crippen molar-refractivity contribution in [2.45, 2.75) is 38.3 Å². The van der Waals surface area contributed by atoms with E-state index in [2.05, 4.69) is 54.2 Å². The van der Waals surface area contributed by atoms with Gasteiger partial charge >= 0.3 is 0 Å². The molecule has 3 nitrogen and oxygen atoms in total. The molecule has 0 spiro atoms. The van der Waals surface area contributed by atoms with Gasteiger partial charge in [-0.15, -0.1) is 0 Å². The molecule has 3 rings (SSSR count). The minimum absolute atomic E-state index is 0.242. The van der Waals surface area contributed by atoms with Crippen LogP contribution in [0.3, 0.4) is 0 Å². The van der Waals surface area contributed by atoms with Crippen LogP contribution in [0.15, 0.2) is 30.5 Å². The molecule has 102 valence electrons. The third-order valence-corrected chi connectivity index (χ3v) is 4.40. The molecule has 1 fully saturated rings. The van der Waals surface area contributed by atoms with Crippen molar-refractivity contribution in [2.75, 3.05) is 13.1 Å². The molecule has 1 aromatic heterocycles. The van der Waals surface area contributed by atoms with E-state index >= 15 is 0 Å². The third-order valence-electron chi connectivity index (χ3n) is 4.40. The summed E-state index contributed by atoms with van der Waals surface area (Å²) < 4.78 is 0. The van der Waals surface area contributed by atoms with Gasteiger partial charge < -0.3 is 10.7 Å². The normalized spacial score (nSPS) is 23.2. The maximum atomic E-state index is 6.09. The molecule has 1 atom stereocenters. The third kappa shape index (κ3) is 2.40. The second kappa shape index (κ2) is 4.66. The first-order valence-electron chi connectivity index (χ1n) is 7.12. The molecule has 0 saturated carbocycles. The predicted octanol–water partition coefficient (Wildman–Crippen LogP) is 2.52. The number of aromatic nitrogens is 1. The number of H-pyrrole nitrogens is 1. The molecule has 1 unspecified atom stereocenters. The van der Waals surface area contributed by atoms with E-state index in [4.69, 9.17) is 5.73 Å². The standard InChI is InChI=1S/C16H23N3/c1-16(2)9-13(17)11-19(16)8-7-12-10-18-15-6-4-3-5-14(12)15/h3-6,10,13,18H,7-9,11,17H2,1-2H3. The van der Waals surface area contributed by atoms with Crippen LogP contribution in [0.1, 0.15) is 25.8 Å². The minimum Gasteiger partial charge on any atom is -0.361 e. The molecule has 19 heavy (non-hydrogen) atoms. The fourth-order valence-electron chi connectivity index (χ4n) is 3.35. The van der Waals surface area contributed by atoms with Gasteiger partial charge in [-0.1, -0.05) is 18.2 Å². The highest BCUT2D eigenvalue weighted by Crippen LogP contribution is 2.28. The summed E-state index contributed by atoms with van der Waals surface area (Å²) in [5.41, 5.74) is 8.97. The Balaban J connectivity index is 1.73. The van der Waals surface area contributed by atoms with Crippen LogP contribution in [0.5, 0.6) is 0 Å². The molecular weight excluding hydrogens is 234 g/mol. The number of hydrogen-bond donors (Lipinski definition) is 2. The van der Waals surface area contributed by atoms with Crippen LogP contribution in [0, 0.1) is 0 Å². The number of hydrogen-bond acceptors (Lipinski definition) is 2. The molecule has 2 heterocycles. The fourth-order valence-corrected chi connectivity index (χ4v) is 3.35. The summed E-state index contributed by atoms with van der Waals surface area (Å²) in [6.45, 7) is 6.71. The van der Waals surface area contributed by atoms with Crippen LogP contribution in [0.2, 0.25) is 0 Å². The summed E-state index contributed by atoms with van der Waals surface area (Å²) in [5.74, 6) is 0. The number of para-hydroxylation sites is 1. The van der Waals surface area contributed by atoms with Gasteiger partial charge in [-0.3, -0.25) is 4.90 Å². The predicted molar refractivity (Wildman–Crippen MR) is 80.2 cm³/mol. The number of benzene rings is 1. The van der Waals surface area contributed by atoms with Crippen molar-refractivity contribution in [3.63, 3.8) is 0 Å². The van der Waals surface area contributed by atoms with E-state index in [-0.39, 0.29) is 5.54 Å². The summed E-state index contributed by atoms with van der Waals surface area (Å²) in [6.07, 6.45) is 4.33. The monoisotopic (exact) mass is 257 g/mol. The van der Waals surface area contributed by atoms with Crippen molar-refractivity contribution >= 4 is 10.9 Å². The highest BCUT2D eigenvalue weighted by atomic mass is 15.2. The Labute approximate surface area is 114 Å². The maximum Gasteiger partial charge on any atom is 0.0456 e. The first kappa shape index (κ1) is 12.7. The van der Waals surface area contributed by atoms with Gasteiger partial charge in [0.2, 0.25) is 0 Å². The van der Waals surface area contributed by atoms with Gasteiger partial charge in [0.05, 0.1) is 0 Å². The Kier molecular flexibility index (Phi) is 3.11. The molecular formula is C16H23N3. The number of likely N-dealkylation sites (tertiary alicyclic amines) is 1. The van der Waals surface area contributed by atoms with Crippen molar-refractivity contribution in [3.05, 3.63) is 36.0 Å². The zero-order valence-corrected chi connectivity index (χ0v) is 11.8. The first-order chi connectivity index (χ1) is 9.06. The first-order valence-corrected chi connectivity index (χ1v) is 7.12. The SMILES string of the molecule is CC1(C)CC(N)CN1CCc1c[nH]c2ccccc12. The summed E-state index contributed by atoms with van der Waals surface area (Å²) in [6, 6.07) is 8.84. The molecule has 1 aliphatic heterocycles. The van der Waals surface area contributed by atoms with Gasteiger partial charge in [0.25, 0.3) is 0 Å². The highest BCUT2D eigenvalue weighted by molar-refractivity contribution is 5.83. The molecule has 0 aliphatic carbocycles. The number of nitrogens with zero attached hydrogens (tertiary/aromatic N) is 1. The zero-order chi connectivity index (χ0) is 13.5. The van der Waals surface area contributed by atoms with E-state index < -0.39 is 0 Å². The van der Waals surface area contributed by atoms with Gasteiger partial charge in [-0.25, -0.2) is 0 Å². The fraction of sp³-hybridized carbons (Fsp3) is 0.500. The number of nitrogens with two attached hydrogens (primary N) is 1. The minimum atomic E-state index is 0.242. The van der Waals surface area contributed by atoms with E-state index in [1.54, 1.807) is 0 Å². The number of aromatic amines is 1. The van der Waals surface area contributed by atoms with Crippen LogP contribution >= 0.6 is 0 Å². The van der Waals surface area contributed by atoms with Crippen LogP contribution in [-0.2, 0) is 6.42 Å². The van der Waals surface area contributed by atoms with E-state index in [0.717, 1.165) is 25.9 Å². The summed E-state index contributed by atoms with van der Waals surface area (Å²) in [4.78, 5) is 5.88. The lowest BCUT2D eigenvalue weighted by Gasteiger charge is -2.31.